The second-order valence-electron chi connectivity index (χ2n) is 3.84. The molecule has 0 N–H and O–H groups in total. The predicted molar refractivity (Wildman–Crippen MR) is 56.0 cm³/mol. The molecular formula is C12H18O2. The van der Waals surface area contributed by atoms with Crippen LogP contribution in [-0.4, -0.2) is 19.0 Å². The highest BCUT2D eigenvalue weighted by molar-refractivity contribution is 5.29. The van der Waals surface area contributed by atoms with Gasteiger partial charge in [0.2, 0.25) is 0 Å². The van der Waals surface area contributed by atoms with E-state index in [9.17, 15) is 0 Å². The smallest absolute Gasteiger partial charge is 0.194 e. The summed E-state index contributed by atoms with van der Waals surface area (Å²) >= 11 is 0. The molecule has 0 amide bonds. The molecule has 0 unspecified atom stereocenters. The number of hydrogen-bond acceptors (Lipinski definition) is 2. The molecule has 78 valence electrons. The number of rotatable bonds is 3. The average Bonchev–Trinajstić information content (AvgIpc) is 2.70. The Morgan fingerprint density at radius 3 is 2.64 bits per heavy atom. The first-order valence-corrected chi connectivity index (χ1v) is 5.52. The number of hydrogen-bond donors (Lipinski definition) is 0. The van der Waals surface area contributed by atoms with E-state index in [2.05, 4.69) is 25.2 Å². The minimum atomic E-state index is -0.411. The van der Waals surface area contributed by atoms with E-state index in [1.54, 1.807) is 0 Å². The standard InChI is InChI=1S/C12H18O2/c1-2-8-12(13-9-10-14-12)11-6-4-3-5-7-11/h4,6-7H,2-3,5,8-10H2,1H3. The van der Waals surface area contributed by atoms with Crippen LogP contribution in [-0.2, 0) is 9.47 Å². The zero-order valence-electron chi connectivity index (χ0n) is 8.79. The molecule has 0 saturated carbocycles. The largest absolute Gasteiger partial charge is 0.343 e. The van der Waals surface area contributed by atoms with E-state index in [-0.39, 0.29) is 0 Å². The molecule has 1 heterocycles. The Labute approximate surface area is 85.6 Å². The van der Waals surface area contributed by atoms with Crippen LogP contribution < -0.4 is 0 Å². The van der Waals surface area contributed by atoms with Crippen molar-refractivity contribution in [1.29, 1.82) is 0 Å². The van der Waals surface area contributed by atoms with Crippen molar-refractivity contribution < 1.29 is 9.47 Å². The van der Waals surface area contributed by atoms with E-state index < -0.39 is 5.79 Å². The van der Waals surface area contributed by atoms with Gasteiger partial charge < -0.3 is 9.47 Å². The summed E-state index contributed by atoms with van der Waals surface area (Å²) < 4.78 is 11.6. The highest BCUT2D eigenvalue weighted by Crippen LogP contribution is 2.35. The summed E-state index contributed by atoms with van der Waals surface area (Å²) in [5.41, 5.74) is 1.23. The lowest BCUT2D eigenvalue weighted by Crippen LogP contribution is -2.32. The first-order valence-electron chi connectivity index (χ1n) is 5.52. The molecule has 0 aromatic carbocycles. The van der Waals surface area contributed by atoms with Gasteiger partial charge in [-0.05, 0) is 12.8 Å². The van der Waals surface area contributed by atoms with Crippen molar-refractivity contribution in [3.63, 3.8) is 0 Å². The topological polar surface area (TPSA) is 18.5 Å². The number of ether oxygens (including phenoxy) is 2. The van der Waals surface area contributed by atoms with E-state index in [1.807, 2.05) is 0 Å². The fourth-order valence-electron chi connectivity index (χ4n) is 2.14. The van der Waals surface area contributed by atoms with Crippen molar-refractivity contribution in [2.45, 2.75) is 38.4 Å². The summed E-state index contributed by atoms with van der Waals surface area (Å²) in [6.07, 6.45) is 10.9. The molecule has 1 aliphatic heterocycles. The molecule has 2 nitrogen and oxygen atoms in total. The maximum absolute atomic E-state index is 5.78. The lowest BCUT2D eigenvalue weighted by atomic mass is 9.95. The van der Waals surface area contributed by atoms with Crippen molar-refractivity contribution in [2.24, 2.45) is 0 Å². The highest BCUT2D eigenvalue weighted by atomic mass is 16.7. The molecule has 2 heteroatoms. The molecule has 0 spiro atoms. The van der Waals surface area contributed by atoms with E-state index in [1.165, 1.54) is 5.57 Å². The number of allylic oxidation sites excluding steroid dienone is 2. The lowest BCUT2D eigenvalue weighted by molar-refractivity contribution is -0.128. The second-order valence-corrected chi connectivity index (χ2v) is 3.84. The third kappa shape index (κ3) is 1.77. The Kier molecular flexibility index (Phi) is 3.04. The van der Waals surface area contributed by atoms with Gasteiger partial charge >= 0.3 is 0 Å². The highest BCUT2D eigenvalue weighted by Gasteiger charge is 2.38. The third-order valence-electron chi connectivity index (χ3n) is 2.77. The molecule has 2 aliphatic rings. The van der Waals surface area contributed by atoms with Crippen LogP contribution in [0.4, 0.5) is 0 Å². The first kappa shape index (κ1) is 9.94. The summed E-state index contributed by atoms with van der Waals surface area (Å²) in [6, 6.07) is 0. The van der Waals surface area contributed by atoms with Gasteiger partial charge in [-0.15, -0.1) is 0 Å². The predicted octanol–water partition coefficient (Wildman–Crippen LogP) is 2.81. The zero-order chi connectivity index (χ0) is 9.86. The van der Waals surface area contributed by atoms with E-state index in [0.29, 0.717) is 0 Å². The molecule has 0 atom stereocenters. The van der Waals surface area contributed by atoms with Gasteiger partial charge in [0, 0.05) is 12.0 Å². The minimum Gasteiger partial charge on any atom is -0.343 e. The summed E-state index contributed by atoms with van der Waals surface area (Å²) in [5, 5.41) is 0. The molecule has 1 saturated heterocycles. The first-order chi connectivity index (χ1) is 6.87. The maximum atomic E-state index is 5.78. The van der Waals surface area contributed by atoms with Gasteiger partial charge in [0.1, 0.15) is 0 Å². The third-order valence-corrected chi connectivity index (χ3v) is 2.77. The Bertz CT molecular complexity index is 247. The van der Waals surface area contributed by atoms with Crippen LogP contribution in [0.3, 0.4) is 0 Å². The van der Waals surface area contributed by atoms with Crippen LogP contribution in [0.1, 0.15) is 32.6 Å². The van der Waals surface area contributed by atoms with E-state index >= 15 is 0 Å². The fraction of sp³-hybridized carbons (Fsp3) is 0.667. The molecule has 1 aliphatic carbocycles. The second kappa shape index (κ2) is 4.28. The van der Waals surface area contributed by atoms with Gasteiger partial charge in [-0.2, -0.15) is 0 Å². The quantitative estimate of drug-likeness (QED) is 0.687. The van der Waals surface area contributed by atoms with Crippen LogP contribution in [0.15, 0.2) is 23.8 Å². The molecule has 0 bridgehead atoms. The van der Waals surface area contributed by atoms with Crippen molar-refractivity contribution in [3.05, 3.63) is 23.8 Å². The molecule has 0 aromatic rings. The van der Waals surface area contributed by atoms with Crippen molar-refractivity contribution in [1.82, 2.24) is 0 Å². The Hall–Kier alpha value is -0.600. The Morgan fingerprint density at radius 2 is 2.07 bits per heavy atom. The molecule has 1 fully saturated rings. The summed E-state index contributed by atoms with van der Waals surface area (Å²) in [7, 11) is 0. The minimum absolute atomic E-state index is 0.411. The molecule has 0 radical (unpaired) electrons. The summed E-state index contributed by atoms with van der Waals surface area (Å²) in [4.78, 5) is 0. The van der Waals surface area contributed by atoms with Crippen LogP contribution in [0.25, 0.3) is 0 Å². The van der Waals surface area contributed by atoms with Crippen LogP contribution >= 0.6 is 0 Å². The molecular weight excluding hydrogens is 176 g/mol. The fourth-order valence-corrected chi connectivity index (χ4v) is 2.14. The van der Waals surface area contributed by atoms with Crippen LogP contribution in [0.5, 0.6) is 0 Å². The summed E-state index contributed by atoms with van der Waals surface area (Å²) in [5.74, 6) is -0.411. The maximum Gasteiger partial charge on any atom is 0.194 e. The van der Waals surface area contributed by atoms with Crippen LogP contribution in [0.2, 0.25) is 0 Å². The summed E-state index contributed by atoms with van der Waals surface area (Å²) in [6.45, 7) is 3.62. The van der Waals surface area contributed by atoms with Crippen LogP contribution in [0, 0.1) is 0 Å². The Morgan fingerprint density at radius 1 is 1.29 bits per heavy atom. The normalized spacial score (nSPS) is 25.1. The van der Waals surface area contributed by atoms with Crippen molar-refractivity contribution in [2.75, 3.05) is 13.2 Å². The van der Waals surface area contributed by atoms with Gasteiger partial charge in [-0.1, -0.05) is 31.6 Å². The average molecular weight is 194 g/mol. The van der Waals surface area contributed by atoms with Gasteiger partial charge in [0.15, 0.2) is 5.79 Å². The lowest BCUT2D eigenvalue weighted by Gasteiger charge is -2.29. The zero-order valence-corrected chi connectivity index (χ0v) is 8.79. The van der Waals surface area contributed by atoms with E-state index in [0.717, 1.165) is 38.9 Å². The monoisotopic (exact) mass is 194 g/mol. The molecule has 14 heavy (non-hydrogen) atoms. The van der Waals surface area contributed by atoms with Gasteiger partial charge in [0.05, 0.1) is 13.2 Å². The molecule has 0 aromatic heterocycles. The van der Waals surface area contributed by atoms with Crippen molar-refractivity contribution >= 4 is 0 Å². The SMILES string of the molecule is CCCC1(C2=CCCC=C2)OCCO1. The molecule has 2 rings (SSSR count). The van der Waals surface area contributed by atoms with Gasteiger partial charge in [0.25, 0.3) is 0 Å². The Balaban J connectivity index is 2.17. The van der Waals surface area contributed by atoms with E-state index in [4.69, 9.17) is 9.47 Å². The van der Waals surface area contributed by atoms with Crippen molar-refractivity contribution in [3.8, 4) is 0 Å². The van der Waals surface area contributed by atoms with Gasteiger partial charge in [-0.25, -0.2) is 0 Å². The van der Waals surface area contributed by atoms with Gasteiger partial charge in [-0.3, -0.25) is 0 Å².